The van der Waals surface area contributed by atoms with E-state index in [0.717, 1.165) is 18.9 Å². The lowest BCUT2D eigenvalue weighted by Crippen LogP contribution is -2.17. The van der Waals surface area contributed by atoms with Gasteiger partial charge in [0.25, 0.3) is 0 Å². The minimum Gasteiger partial charge on any atom is -0.381 e. The van der Waals surface area contributed by atoms with E-state index in [2.05, 4.69) is 6.07 Å². The van der Waals surface area contributed by atoms with Crippen molar-refractivity contribution in [2.24, 2.45) is 5.92 Å². The van der Waals surface area contributed by atoms with E-state index in [1.165, 1.54) is 0 Å². The SMILES string of the molecule is COC(Cc1[c]c(F)c(F)c(F)c1)C1CC1. The van der Waals surface area contributed by atoms with Crippen molar-refractivity contribution in [3.63, 3.8) is 0 Å². The van der Waals surface area contributed by atoms with Crippen molar-refractivity contribution < 1.29 is 17.9 Å². The second-order valence-electron chi connectivity index (χ2n) is 4.09. The van der Waals surface area contributed by atoms with Crippen LogP contribution in [0.5, 0.6) is 0 Å². The van der Waals surface area contributed by atoms with Crippen molar-refractivity contribution in [2.45, 2.75) is 25.4 Å². The van der Waals surface area contributed by atoms with Crippen LogP contribution >= 0.6 is 0 Å². The van der Waals surface area contributed by atoms with Gasteiger partial charge in [0, 0.05) is 13.2 Å². The average molecular weight is 229 g/mol. The van der Waals surface area contributed by atoms with E-state index in [-0.39, 0.29) is 6.10 Å². The highest BCUT2D eigenvalue weighted by Crippen LogP contribution is 2.35. The molecule has 4 heteroatoms. The van der Waals surface area contributed by atoms with Gasteiger partial charge in [0.1, 0.15) is 0 Å². The fraction of sp³-hybridized carbons (Fsp3) is 0.500. The Kier molecular flexibility index (Phi) is 3.19. The van der Waals surface area contributed by atoms with Crippen molar-refractivity contribution in [1.29, 1.82) is 0 Å². The zero-order chi connectivity index (χ0) is 11.7. The molecule has 0 saturated heterocycles. The lowest BCUT2D eigenvalue weighted by Gasteiger charge is -2.14. The third-order valence-corrected chi connectivity index (χ3v) is 2.85. The second-order valence-corrected chi connectivity index (χ2v) is 4.09. The Bertz CT molecular complexity index is 365. The smallest absolute Gasteiger partial charge is 0.195 e. The lowest BCUT2D eigenvalue weighted by atomic mass is 10.0. The van der Waals surface area contributed by atoms with Crippen molar-refractivity contribution in [1.82, 2.24) is 0 Å². The first-order valence-electron chi connectivity index (χ1n) is 5.20. The summed E-state index contributed by atoms with van der Waals surface area (Å²) in [4.78, 5) is 0. The molecule has 0 aliphatic heterocycles. The predicted molar refractivity (Wildman–Crippen MR) is 52.4 cm³/mol. The molecule has 1 unspecified atom stereocenters. The molecule has 1 aliphatic rings. The summed E-state index contributed by atoms with van der Waals surface area (Å²) >= 11 is 0. The molecule has 0 heterocycles. The molecule has 1 atom stereocenters. The molecule has 1 aromatic rings. The van der Waals surface area contributed by atoms with Crippen LogP contribution in [0.15, 0.2) is 6.07 Å². The van der Waals surface area contributed by atoms with Crippen LogP contribution in [-0.4, -0.2) is 13.2 Å². The van der Waals surface area contributed by atoms with Gasteiger partial charge in [-0.1, -0.05) is 0 Å². The van der Waals surface area contributed by atoms with Crippen LogP contribution in [0, 0.1) is 29.4 Å². The van der Waals surface area contributed by atoms with Crippen LogP contribution < -0.4 is 0 Å². The van der Waals surface area contributed by atoms with Gasteiger partial charge in [0.15, 0.2) is 17.5 Å². The van der Waals surface area contributed by atoms with Gasteiger partial charge in [0.05, 0.1) is 6.10 Å². The summed E-state index contributed by atoms with van der Waals surface area (Å²) in [6.07, 6.45) is 2.46. The monoisotopic (exact) mass is 229 g/mol. The van der Waals surface area contributed by atoms with Gasteiger partial charge in [-0.25, -0.2) is 13.2 Å². The molecule has 0 bridgehead atoms. The van der Waals surface area contributed by atoms with Gasteiger partial charge in [0.2, 0.25) is 0 Å². The van der Waals surface area contributed by atoms with Gasteiger partial charge in [-0.15, -0.1) is 0 Å². The first-order chi connectivity index (χ1) is 7.61. The maximum absolute atomic E-state index is 12.9. The molecule has 1 radical (unpaired) electrons. The molecular formula is C12H12F3O. The molecule has 16 heavy (non-hydrogen) atoms. The molecule has 0 aromatic heterocycles. The zero-order valence-corrected chi connectivity index (χ0v) is 8.90. The molecule has 1 aliphatic carbocycles. The number of hydrogen-bond acceptors (Lipinski definition) is 1. The summed E-state index contributed by atoms with van der Waals surface area (Å²) in [5.41, 5.74) is 0.315. The van der Waals surface area contributed by atoms with Gasteiger partial charge >= 0.3 is 0 Å². The standard InChI is InChI=1S/C12H12F3O/c1-16-11(8-2-3-8)6-7-4-9(13)12(15)10(14)5-7/h4,8,11H,2-3,6H2,1H3. The van der Waals surface area contributed by atoms with Crippen molar-refractivity contribution in [3.05, 3.63) is 35.1 Å². The molecule has 0 spiro atoms. The Morgan fingerprint density at radius 1 is 1.44 bits per heavy atom. The Balaban J connectivity index is 2.14. The summed E-state index contributed by atoms with van der Waals surface area (Å²) in [6, 6.07) is 3.18. The molecule has 1 aromatic carbocycles. The average Bonchev–Trinajstić information content (AvgIpc) is 3.06. The van der Waals surface area contributed by atoms with Crippen LogP contribution in [0.1, 0.15) is 18.4 Å². The fourth-order valence-corrected chi connectivity index (χ4v) is 1.79. The van der Waals surface area contributed by atoms with Gasteiger partial charge < -0.3 is 4.74 Å². The molecule has 1 fully saturated rings. The number of benzene rings is 1. The van der Waals surface area contributed by atoms with Crippen molar-refractivity contribution in [2.75, 3.05) is 7.11 Å². The minimum atomic E-state index is -1.47. The van der Waals surface area contributed by atoms with Gasteiger partial charge in [-0.2, -0.15) is 0 Å². The quantitative estimate of drug-likeness (QED) is 0.721. The van der Waals surface area contributed by atoms with Crippen LogP contribution in [0.4, 0.5) is 13.2 Å². The zero-order valence-electron chi connectivity index (χ0n) is 8.90. The highest BCUT2D eigenvalue weighted by Gasteiger charge is 2.31. The van der Waals surface area contributed by atoms with Crippen LogP contribution in [-0.2, 0) is 11.2 Å². The fourth-order valence-electron chi connectivity index (χ4n) is 1.79. The lowest BCUT2D eigenvalue weighted by molar-refractivity contribution is 0.0846. The third kappa shape index (κ3) is 2.38. The summed E-state index contributed by atoms with van der Waals surface area (Å²) in [6.45, 7) is 0. The Morgan fingerprint density at radius 3 is 2.62 bits per heavy atom. The van der Waals surface area contributed by atoms with Crippen LogP contribution in [0.2, 0.25) is 0 Å². The number of methoxy groups -OCH3 is 1. The molecule has 1 nitrogen and oxygen atoms in total. The number of hydrogen-bond donors (Lipinski definition) is 0. The number of rotatable bonds is 4. The number of halogens is 3. The largest absolute Gasteiger partial charge is 0.381 e. The molecule has 2 rings (SSSR count). The van der Waals surface area contributed by atoms with E-state index in [4.69, 9.17) is 4.74 Å². The van der Waals surface area contributed by atoms with Gasteiger partial charge in [-0.3, -0.25) is 0 Å². The topological polar surface area (TPSA) is 9.23 Å². The predicted octanol–water partition coefficient (Wildman–Crippen LogP) is 2.87. The molecular weight excluding hydrogens is 217 g/mol. The van der Waals surface area contributed by atoms with E-state index < -0.39 is 17.5 Å². The summed E-state index contributed by atoms with van der Waals surface area (Å²) in [5.74, 6) is -3.45. The highest BCUT2D eigenvalue weighted by atomic mass is 19.2. The Hall–Kier alpha value is -1.03. The second kappa shape index (κ2) is 4.45. The van der Waals surface area contributed by atoms with E-state index in [9.17, 15) is 13.2 Å². The molecule has 87 valence electrons. The van der Waals surface area contributed by atoms with E-state index in [1.54, 1.807) is 7.11 Å². The van der Waals surface area contributed by atoms with Crippen LogP contribution in [0.3, 0.4) is 0 Å². The van der Waals surface area contributed by atoms with Gasteiger partial charge in [-0.05, 0) is 36.8 Å². The summed E-state index contributed by atoms with van der Waals surface area (Å²) in [7, 11) is 1.57. The van der Waals surface area contributed by atoms with E-state index >= 15 is 0 Å². The third-order valence-electron chi connectivity index (χ3n) is 2.85. The molecule has 0 amide bonds. The maximum atomic E-state index is 12.9. The maximum Gasteiger partial charge on any atom is 0.195 e. The van der Waals surface area contributed by atoms with Crippen molar-refractivity contribution in [3.8, 4) is 0 Å². The minimum absolute atomic E-state index is 0.0551. The van der Waals surface area contributed by atoms with Crippen molar-refractivity contribution >= 4 is 0 Å². The first kappa shape index (κ1) is 11.5. The van der Waals surface area contributed by atoms with E-state index in [0.29, 0.717) is 17.9 Å². The summed E-state index contributed by atoms with van der Waals surface area (Å²) < 4.78 is 43.8. The first-order valence-corrected chi connectivity index (χ1v) is 5.20. The normalized spacial score (nSPS) is 17.5. The summed E-state index contributed by atoms with van der Waals surface area (Å²) in [5, 5.41) is 0. The van der Waals surface area contributed by atoms with Crippen LogP contribution in [0.25, 0.3) is 0 Å². The Labute approximate surface area is 92.2 Å². The Morgan fingerprint density at radius 2 is 2.12 bits per heavy atom. The van der Waals surface area contributed by atoms with E-state index in [1.807, 2.05) is 0 Å². The number of ether oxygens (including phenoxy) is 1. The molecule has 0 N–H and O–H groups in total. The molecule has 1 saturated carbocycles. The highest BCUT2D eigenvalue weighted by molar-refractivity contribution is 5.19.